The molecule has 0 aromatic heterocycles. The average molecular weight is 234 g/mol. The second-order valence-corrected chi connectivity index (χ2v) is 14.0. The summed E-state index contributed by atoms with van der Waals surface area (Å²) in [6.45, 7) is 12.7. The van der Waals surface area contributed by atoms with Crippen molar-refractivity contribution in [2.45, 2.75) is 39.3 Å². The third kappa shape index (κ3) is 8.18. The highest BCUT2D eigenvalue weighted by molar-refractivity contribution is 6.70. The molecule has 0 radical (unpaired) electrons. The van der Waals surface area contributed by atoms with Gasteiger partial charge < -0.3 is 13.6 Å². The van der Waals surface area contributed by atoms with Crippen LogP contribution in [0, 0.1) is 0 Å². The normalized spacial score (nSPS) is 13.8. The van der Waals surface area contributed by atoms with E-state index in [9.17, 15) is 0 Å². The van der Waals surface area contributed by atoms with Crippen LogP contribution in [0.2, 0.25) is 39.3 Å². The summed E-state index contributed by atoms with van der Waals surface area (Å²) in [5.41, 5.74) is 0. The van der Waals surface area contributed by atoms with Crippen LogP contribution in [-0.2, 0) is 13.6 Å². The van der Waals surface area contributed by atoms with Crippen LogP contribution < -0.4 is 0 Å². The Morgan fingerprint density at radius 3 is 1.71 bits per heavy atom. The van der Waals surface area contributed by atoms with E-state index in [1.54, 1.807) is 13.4 Å². The fraction of sp³-hybridized carbons (Fsp3) is 0.778. The predicted octanol–water partition coefficient (Wildman–Crippen LogP) is 3.13. The number of ether oxygens (including phenoxy) is 1. The lowest BCUT2D eigenvalue weighted by Gasteiger charge is -2.22. The molecule has 0 bridgehead atoms. The van der Waals surface area contributed by atoms with Gasteiger partial charge in [-0.1, -0.05) is 0 Å². The molecule has 0 heterocycles. The maximum atomic E-state index is 5.66. The van der Waals surface area contributed by atoms with E-state index in [-0.39, 0.29) is 0 Å². The first-order chi connectivity index (χ1) is 6.14. The Labute approximate surface area is 89.3 Å². The molecule has 0 rings (SSSR count). The van der Waals surface area contributed by atoms with Crippen LogP contribution >= 0.6 is 0 Å². The van der Waals surface area contributed by atoms with Crippen molar-refractivity contribution in [3.63, 3.8) is 0 Å². The molecule has 0 aromatic carbocycles. The van der Waals surface area contributed by atoms with E-state index < -0.39 is 16.6 Å². The molecule has 0 atom stereocenters. The van der Waals surface area contributed by atoms with Crippen LogP contribution in [0.15, 0.2) is 12.2 Å². The van der Waals surface area contributed by atoms with Crippen molar-refractivity contribution in [1.29, 1.82) is 0 Å². The van der Waals surface area contributed by atoms with Crippen LogP contribution in [-0.4, -0.2) is 23.7 Å². The van der Waals surface area contributed by atoms with E-state index >= 15 is 0 Å². The Hall–Kier alpha value is -0.426. The maximum Gasteiger partial charge on any atom is 0.299 e. The van der Waals surface area contributed by atoms with Crippen LogP contribution in [0.4, 0.5) is 0 Å². The molecule has 3 nitrogen and oxygen atoms in total. The van der Waals surface area contributed by atoms with Gasteiger partial charge >= 0.3 is 0 Å². The highest BCUT2D eigenvalue weighted by Crippen LogP contribution is 2.12. The van der Waals surface area contributed by atoms with Crippen LogP contribution in [0.5, 0.6) is 0 Å². The maximum absolute atomic E-state index is 5.66. The van der Waals surface area contributed by atoms with Gasteiger partial charge in [0.15, 0.2) is 0 Å². The van der Waals surface area contributed by atoms with Crippen molar-refractivity contribution in [2.24, 2.45) is 0 Å². The van der Waals surface area contributed by atoms with Gasteiger partial charge in [-0.05, 0) is 39.3 Å². The summed E-state index contributed by atoms with van der Waals surface area (Å²) in [6.07, 6.45) is 1.60. The molecule has 0 aliphatic carbocycles. The molecular formula is C9H22O3Si2. The van der Waals surface area contributed by atoms with E-state index in [4.69, 9.17) is 13.6 Å². The smallest absolute Gasteiger partial charge is 0.299 e. The molecule has 0 spiro atoms. The third-order valence-electron chi connectivity index (χ3n) is 1.12. The summed E-state index contributed by atoms with van der Waals surface area (Å²) in [6, 6.07) is 0. The molecule has 14 heavy (non-hydrogen) atoms. The zero-order valence-electron chi connectivity index (χ0n) is 10.3. The number of rotatable bonds is 5. The number of hydrogen-bond donors (Lipinski definition) is 0. The summed E-state index contributed by atoms with van der Waals surface area (Å²) in [5.74, 6) is 0.492. The minimum absolute atomic E-state index is 0.492. The highest BCUT2D eigenvalue weighted by Gasteiger charge is 2.20. The molecule has 0 unspecified atom stereocenters. The first kappa shape index (κ1) is 13.6. The number of methoxy groups -OCH3 is 1. The van der Waals surface area contributed by atoms with Crippen LogP contribution in [0.3, 0.4) is 0 Å². The zero-order chi connectivity index (χ0) is 11.4. The Morgan fingerprint density at radius 1 is 0.929 bits per heavy atom. The summed E-state index contributed by atoms with van der Waals surface area (Å²) in [7, 11) is -1.53. The summed E-state index contributed by atoms with van der Waals surface area (Å²) < 4.78 is 16.3. The van der Waals surface area contributed by atoms with Crippen LogP contribution in [0.1, 0.15) is 0 Å². The SMILES string of the molecule is COC(=CO[Si](C)(C)C)O[Si](C)(C)C. The van der Waals surface area contributed by atoms with E-state index in [0.717, 1.165) is 0 Å². The molecule has 0 fully saturated rings. The second kappa shape index (κ2) is 4.88. The Morgan fingerprint density at radius 2 is 1.43 bits per heavy atom. The fourth-order valence-corrected chi connectivity index (χ4v) is 1.83. The molecule has 0 aromatic rings. The first-order valence-electron chi connectivity index (χ1n) is 4.75. The Kier molecular flexibility index (Phi) is 4.73. The minimum atomic E-state index is -1.60. The topological polar surface area (TPSA) is 27.7 Å². The van der Waals surface area contributed by atoms with Crippen molar-refractivity contribution < 1.29 is 13.6 Å². The lowest BCUT2D eigenvalue weighted by molar-refractivity contribution is 0.134. The second-order valence-electron chi connectivity index (χ2n) is 5.09. The van der Waals surface area contributed by atoms with Gasteiger partial charge in [-0.3, -0.25) is 0 Å². The molecule has 0 aliphatic rings. The van der Waals surface area contributed by atoms with E-state index in [1.807, 2.05) is 0 Å². The van der Waals surface area contributed by atoms with Crippen molar-refractivity contribution >= 4 is 16.6 Å². The average Bonchev–Trinajstić information content (AvgIpc) is 1.94. The van der Waals surface area contributed by atoms with E-state index in [0.29, 0.717) is 5.95 Å². The van der Waals surface area contributed by atoms with Crippen molar-refractivity contribution in [3.8, 4) is 0 Å². The zero-order valence-corrected chi connectivity index (χ0v) is 12.3. The fourth-order valence-electron chi connectivity index (χ4n) is 0.641. The van der Waals surface area contributed by atoms with Crippen LogP contribution in [0.25, 0.3) is 0 Å². The largest absolute Gasteiger partial charge is 0.545 e. The monoisotopic (exact) mass is 234 g/mol. The highest BCUT2D eigenvalue weighted by atomic mass is 28.4. The Bertz CT molecular complexity index is 201. The predicted molar refractivity (Wildman–Crippen MR) is 64.0 cm³/mol. The number of hydrogen-bond acceptors (Lipinski definition) is 3. The molecule has 84 valence electrons. The summed E-state index contributed by atoms with van der Waals surface area (Å²) in [4.78, 5) is 0. The van der Waals surface area contributed by atoms with Gasteiger partial charge in [0.05, 0.1) is 7.11 Å². The lowest BCUT2D eigenvalue weighted by Crippen LogP contribution is -2.27. The van der Waals surface area contributed by atoms with Crippen molar-refractivity contribution in [1.82, 2.24) is 0 Å². The third-order valence-corrected chi connectivity index (χ3v) is 2.76. The molecule has 0 N–H and O–H groups in total. The molecular weight excluding hydrogens is 212 g/mol. The quantitative estimate of drug-likeness (QED) is 0.540. The molecule has 0 saturated heterocycles. The van der Waals surface area contributed by atoms with Crippen molar-refractivity contribution in [2.75, 3.05) is 7.11 Å². The first-order valence-corrected chi connectivity index (χ1v) is 11.6. The van der Waals surface area contributed by atoms with Gasteiger partial charge in [0, 0.05) is 0 Å². The summed E-state index contributed by atoms with van der Waals surface area (Å²) in [5, 5.41) is 0. The lowest BCUT2D eigenvalue weighted by atomic mass is 11.0. The summed E-state index contributed by atoms with van der Waals surface area (Å²) >= 11 is 0. The van der Waals surface area contributed by atoms with Gasteiger partial charge in [0.25, 0.3) is 5.95 Å². The van der Waals surface area contributed by atoms with E-state index in [2.05, 4.69) is 39.3 Å². The van der Waals surface area contributed by atoms with Gasteiger partial charge in [0.1, 0.15) is 6.26 Å². The van der Waals surface area contributed by atoms with Crippen molar-refractivity contribution in [3.05, 3.63) is 12.2 Å². The van der Waals surface area contributed by atoms with Gasteiger partial charge in [-0.2, -0.15) is 0 Å². The minimum Gasteiger partial charge on any atom is -0.545 e. The molecule has 0 saturated carbocycles. The van der Waals surface area contributed by atoms with Gasteiger partial charge in [0.2, 0.25) is 16.6 Å². The molecule has 0 amide bonds. The van der Waals surface area contributed by atoms with Gasteiger partial charge in [-0.25, -0.2) is 0 Å². The van der Waals surface area contributed by atoms with Gasteiger partial charge in [-0.15, -0.1) is 0 Å². The molecule has 0 aliphatic heterocycles. The Balaban J connectivity index is 4.28. The molecule has 5 heteroatoms. The standard InChI is InChI=1S/C9H22O3Si2/c1-10-9(12-14(5,6)7)8-11-13(2,3)4/h8H,1-7H3. The van der Waals surface area contributed by atoms with E-state index in [1.165, 1.54) is 0 Å².